The Bertz CT molecular complexity index is 576. The molecule has 0 fully saturated rings. The van der Waals surface area contributed by atoms with Crippen LogP contribution in [0.1, 0.15) is 30.9 Å². The molecular weight excluding hydrogens is 292 g/mol. The van der Waals surface area contributed by atoms with Crippen LogP contribution >= 0.6 is 23.4 Å². The molecule has 0 saturated heterocycles. The lowest BCUT2D eigenvalue weighted by Gasteiger charge is -2.12. The van der Waals surface area contributed by atoms with E-state index in [4.69, 9.17) is 16.0 Å². The molecule has 1 heterocycles. The normalized spacial score (nSPS) is 11.3. The van der Waals surface area contributed by atoms with Gasteiger partial charge in [-0.05, 0) is 43.3 Å². The van der Waals surface area contributed by atoms with Crippen molar-refractivity contribution in [3.63, 3.8) is 0 Å². The Morgan fingerprint density at radius 2 is 2.10 bits per heavy atom. The highest BCUT2D eigenvalue weighted by Gasteiger charge is 2.13. The molecule has 2 aromatic rings. The van der Waals surface area contributed by atoms with Gasteiger partial charge < -0.3 is 9.73 Å². The van der Waals surface area contributed by atoms with E-state index in [1.807, 2.05) is 32.0 Å². The Morgan fingerprint density at radius 3 is 2.70 bits per heavy atom. The summed E-state index contributed by atoms with van der Waals surface area (Å²) in [4.78, 5) is 5.48. The van der Waals surface area contributed by atoms with Gasteiger partial charge in [-0.25, -0.2) is 4.98 Å². The van der Waals surface area contributed by atoms with Gasteiger partial charge in [0.05, 0.1) is 5.69 Å². The zero-order valence-electron chi connectivity index (χ0n) is 12.2. The molecule has 0 spiro atoms. The average Bonchev–Trinajstić information content (AvgIpc) is 2.67. The summed E-state index contributed by atoms with van der Waals surface area (Å²) in [7, 11) is 0. The molecule has 5 heteroatoms. The molecule has 0 amide bonds. The zero-order valence-corrected chi connectivity index (χ0v) is 13.7. The summed E-state index contributed by atoms with van der Waals surface area (Å²) in [5, 5.41) is 4.82. The first-order chi connectivity index (χ1) is 9.47. The van der Waals surface area contributed by atoms with Crippen molar-refractivity contribution in [3.05, 3.63) is 40.2 Å². The van der Waals surface area contributed by atoms with Crippen molar-refractivity contribution in [2.45, 2.75) is 50.4 Å². The minimum atomic E-state index is 0.412. The van der Waals surface area contributed by atoms with E-state index in [0.717, 1.165) is 33.5 Å². The fourth-order valence-corrected chi connectivity index (χ4v) is 2.98. The van der Waals surface area contributed by atoms with Crippen LogP contribution in [0.15, 0.2) is 32.7 Å². The number of benzene rings is 1. The molecular formula is C15H19ClN2OS. The predicted molar refractivity (Wildman–Crippen MR) is 83.5 cm³/mol. The fraction of sp³-hybridized carbons (Fsp3) is 0.400. The van der Waals surface area contributed by atoms with Gasteiger partial charge in [0.2, 0.25) is 0 Å². The monoisotopic (exact) mass is 310 g/mol. The van der Waals surface area contributed by atoms with Crippen molar-refractivity contribution >= 4 is 23.4 Å². The van der Waals surface area contributed by atoms with E-state index in [1.165, 1.54) is 11.8 Å². The third kappa shape index (κ3) is 3.78. The van der Waals surface area contributed by atoms with Crippen LogP contribution in [0.3, 0.4) is 0 Å². The molecule has 1 N–H and O–H groups in total. The second-order valence-corrected chi connectivity index (χ2v) is 6.38. The maximum atomic E-state index is 6.31. The SMILES string of the molecule is Cc1nc(Sc2cccc(Cl)c2CNC(C)C)oc1C. The molecule has 20 heavy (non-hydrogen) atoms. The number of halogens is 1. The molecule has 0 aliphatic heterocycles. The maximum absolute atomic E-state index is 6.31. The Morgan fingerprint density at radius 1 is 1.35 bits per heavy atom. The number of aryl methyl sites for hydroxylation is 2. The average molecular weight is 311 g/mol. The standard InChI is InChI=1S/C15H19ClN2OS/c1-9(2)17-8-12-13(16)6-5-7-14(12)20-15-18-10(3)11(4)19-15/h5-7,9,17H,8H2,1-4H3. The molecule has 0 unspecified atom stereocenters. The summed E-state index contributed by atoms with van der Waals surface area (Å²) in [5.74, 6) is 0.858. The van der Waals surface area contributed by atoms with Gasteiger partial charge in [-0.2, -0.15) is 0 Å². The van der Waals surface area contributed by atoms with Gasteiger partial charge in [-0.1, -0.05) is 31.5 Å². The topological polar surface area (TPSA) is 38.1 Å². The van der Waals surface area contributed by atoms with Gasteiger partial charge in [0, 0.05) is 22.5 Å². The van der Waals surface area contributed by atoms with Crippen LogP contribution < -0.4 is 5.32 Å². The van der Waals surface area contributed by atoms with Crippen LogP contribution in [-0.2, 0) is 6.54 Å². The van der Waals surface area contributed by atoms with Gasteiger partial charge in [0.15, 0.2) is 0 Å². The van der Waals surface area contributed by atoms with E-state index in [-0.39, 0.29) is 0 Å². The van der Waals surface area contributed by atoms with Crippen LogP contribution in [0.25, 0.3) is 0 Å². The number of hydrogen-bond donors (Lipinski definition) is 1. The zero-order chi connectivity index (χ0) is 14.7. The fourth-order valence-electron chi connectivity index (χ4n) is 1.69. The minimum Gasteiger partial charge on any atom is -0.436 e. The maximum Gasteiger partial charge on any atom is 0.261 e. The van der Waals surface area contributed by atoms with Crippen LogP contribution in [0.5, 0.6) is 0 Å². The minimum absolute atomic E-state index is 0.412. The lowest BCUT2D eigenvalue weighted by molar-refractivity contribution is 0.431. The number of rotatable bonds is 5. The summed E-state index contributed by atoms with van der Waals surface area (Å²) in [5.41, 5.74) is 2.01. The Balaban J connectivity index is 2.24. The van der Waals surface area contributed by atoms with Crippen molar-refractivity contribution in [2.24, 2.45) is 0 Å². The molecule has 0 bridgehead atoms. The Kier molecular flexibility index (Phi) is 5.13. The van der Waals surface area contributed by atoms with Crippen LogP contribution in [-0.4, -0.2) is 11.0 Å². The first-order valence-corrected chi connectivity index (χ1v) is 7.79. The third-order valence-electron chi connectivity index (χ3n) is 2.97. The summed E-state index contributed by atoms with van der Waals surface area (Å²) in [6.45, 7) is 8.83. The molecule has 1 aromatic heterocycles. The summed E-state index contributed by atoms with van der Waals surface area (Å²) in [6, 6.07) is 6.32. The Labute approximate surface area is 129 Å². The third-order valence-corrected chi connectivity index (χ3v) is 4.27. The van der Waals surface area contributed by atoms with Crippen molar-refractivity contribution in [2.75, 3.05) is 0 Å². The van der Waals surface area contributed by atoms with E-state index in [1.54, 1.807) is 0 Å². The molecule has 0 aliphatic rings. The molecule has 108 valence electrons. The van der Waals surface area contributed by atoms with E-state index in [2.05, 4.69) is 24.1 Å². The van der Waals surface area contributed by atoms with Crippen LogP contribution in [0, 0.1) is 13.8 Å². The molecule has 0 saturated carbocycles. The van der Waals surface area contributed by atoms with Gasteiger partial charge >= 0.3 is 0 Å². The lowest BCUT2D eigenvalue weighted by Crippen LogP contribution is -2.22. The quantitative estimate of drug-likeness (QED) is 0.876. The first-order valence-electron chi connectivity index (χ1n) is 6.60. The Hall–Kier alpha value is -0.970. The highest BCUT2D eigenvalue weighted by molar-refractivity contribution is 7.99. The van der Waals surface area contributed by atoms with Crippen molar-refractivity contribution in [1.29, 1.82) is 0 Å². The molecule has 1 aromatic carbocycles. The van der Waals surface area contributed by atoms with Gasteiger partial charge in [-0.15, -0.1) is 0 Å². The van der Waals surface area contributed by atoms with E-state index in [9.17, 15) is 0 Å². The second-order valence-electron chi connectivity index (χ2n) is 4.98. The molecule has 3 nitrogen and oxygen atoms in total. The summed E-state index contributed by atoms with van der Waals surface area (Å²) in [6.07, 6.45) is 0. The summed E-state index contributed by atoms with van der Waals surface area (Å²) < 4.78 is 5.63. The first kappa shape index (κ1) is 15.4. The second kappa shape index (κ2) is 6.66. The van der Waals surface area contributed by atoms with E-state index < -0.39 is 0 Å². The van der Waals surface area contributed by atoms with E-state index in [0.29, 0.717) is 11.3 Å². The highest BCUT2D eigenvalue weighted by Crippen LogP contribution is 2.34. The van der Waals surface area contributed by atoms with Crippen LogP contribution in [0.4, 0.5) is 0 Å². The largest absolute Gasteiger partial charge is 0.436 e. The van der Waals surface area contributed by atoms with Crippen molar-refractivity contribution < 1.29 is 4.42 Å². The van der Waals surface area contributed by atoms with Crippen molar-refractivity contribution in [3.8, 4) is 0 Å². The summed E-state index contributed by atoms with van der Waals surface area (Å²) >= 11 is 7.82. The molecule has 0 radical (unpaired) electrons. The highest BCUT2D eigenvalue weighted by atomic mass is 35.5. The number of oxazole rings is 1. The number of nitrogens with one attached hydrogen (secondary N) is 1. The molecule has 0 aliphatic carbocycles. The number of hydrogen-bond acceptors (Lipinski definition) is 4. The van der Waals surface area contributed by atoms with Gasteiger partial charge in [-0.3, -0.25) is 0 Å². The van der Waals surface area contributed by atoms with Crippen molar-refractivity contribution in [1.82, 2.24) is 10.3 Å². The predicted octanol–water partition coefficient (Wildman–Crippen LogP) is 4.59. The number of aromatic nitrogens is 1. The molecule has 2 rings (SSSR count). The molecule has 0 atom stereocenters. The number of nitrogens with zero attached hydrogens (tertiary/aromatic N) is 1. The van der Waals surface area contributed by atoms with Gasteiger partial charge in [0.1, 0.15) is 5.76 Å². The van der Waals surface area contributed by atoms with Crippen LogP contribution in [0.2, 0.25) is 5.02 Å². The smallest absolute Gasteiger partial charge is 0.261 e. The van der Waals surface area contributed by atoms with E-state index >= 15 is 0 Å². The lowest BCUT2D eigenvalue weighted by atomic mass is 10.2. The van der Waals surface area contributed by atoms with Gasteiger partial charge in [0.25, 0.3) is 5.22 Å².